The molecule has 0 atom stereocenters. The zero-order valence-corrected chi connectivity index (χ0v) is 13.2. The van der Waals surface area contributed by atoms with Crippen LogP contribution in [0.4, 0.5) is 0 Å². The lowest BCUT2D eigenvalue weighted by atomic mass is 10.1. The van der Waals surface area contributed by atoms with Gasteiger partial charge in [0.1, 0.15) is 0 Å². The van der Waals surface area contributed by atoms with Gasteiger partial charge in [0.15, 0.2) is 0 Å². The Kier molecular flexibility index (Phi) is 9.49. The Morgan fingerprint density at radius 2 is 1.90 bits per heavy atom. The predicted octanol–water partition coefficient (Wildman–Crippen LogP) is 3.05. The molecule has 1 N–H and O–H groups in total. The van der Waals surface area contributed by atoms with Crippen LogP contribution in [0.1, 0.15) is 43.7 Å². The fourth-order valence-corrected chi connectivity index (χ4v) is 2.18. The summed E-state index contributed by atoms with van der Waals surface area (Å²) in [6.45, 7) is 4.78. The van der Waals surface area contributed by atoms with E-state index >= 15 is 0 Å². The van der Waals surface area contributed by atoms with Gasteiger partial charge in [-0.1, -0.05) is 30.7 Å². The molecule has 0 aliphatic heterocycles. The average molecular weight is 293 g/mol. The van der Waals surface area contributed by atoms with Crippen molar-refractivity contribution in [1.82, 2.24) is 5.32 Å². The van der Waals surface area contributed by atoms with E-state index in [9.17, 15) is 4.79 Å². The van der Waals surface area contributed by atoms with E-state index in [0.717, 1.165) is 32.4 Å². The molecular formula is C17H27NO3. The normalized spacial score (nSPS) is 10.6. The van der Waals surface area contributed by atoms with Crippen molar-refractivity contribution in [3.8, 4) is 0 Å². The van der Waals surface area contributed by atoms with Crippen LogP contribution in [0.3, 0.4) is 0 Å². The Bertz CT molecular complexity index is 407. The average Bonchev–Trinajstić information content (AvgIpc) is 2.48. The SMILES string of the molecule is CCOC(=O)CCCCCNCc1ccccc1COC. The molecule has 1 aromatic rings. The second-order valence-corrected chi connectivity index (χ2v) is 4.99. The summed E-state index contributed by atoms with van der Waals surface area (Å²) in [5, 5.41) is 3.44. The molecule has 0 bridgehead atoms. The number of unbranched alkanes of at least 4 members (excludes halogenated alkanes) is 2. The molecule has 0 radical (unpaired) electrons. The first-order chi connectivity index (χ1) is 10.3. The van der Waals surface area contributed by atoms with Crippen LogP contribution in [0, 0.1) is 0 Å². The Morgan fingerprint density at radius 3 is 2.62 bits per heavy atom. The van der Waals surface area contributed by atoms with E-state index in [0.29, 0.717) is 19.6 Å². The summed E-state index contributed by atoms with van der Waals surface area (Å²) in [7, 11) is 1.72. The number of esters is 1. The Hall–Kier alpha value is -1.39. The molecule has 0 saturated carbocycles. The first-order valence-corrected chi connectivity index (χ1v) is 7.70. The summed E-state index contributed by atoms with van der Waals surface area (Å²) in [6, 6.07) is 8.31. The number of hydrogen-bond acceptors (Lipinski definition) is 4. The highest BCUT2D eigenvalue weighted by Gasteiger charge is 2.02. The molecule has 118 valence electrons. The second-order valence-electron chi connectivity index (χ2n) is 4.99. The summed E-state index contributed by atoms with van der Waals surface area (Å²) in [6.07, 6.45) is 3.56. The van der Waals surface area contributed by atoms with Crippen LogP contribution in [0.15, 0.2) is 24.3 Å². The number of nitrogens with one attached hydrogen (secondary N) is 1. The lowest BCUT2D eigenvalue weighted by Gasteiger charge is -2.10. The molecule has 0 amide bonds. The predicted molar refractivity (Wildman–Crippen MR) is 84.0 cm³/mol. The maximum absolute atomic E-state index is 11.2. The van der Waals surface area contributed by atoms with Crippen LogP contribution >= 0.6 is 0 Å². The number of ether oxygens (including phenoxy) is 2. The molecule has 1 rings (SSSR count). The van der Waals surface area contributed by atoms with Gasteiger partial charge in [-0.15, -0.1) is 0 Å². The van der Waals surface area contributed by atoms with Gasteiger partial charge in [-0.25, -0.2) is 0 Å². The molecule has 0 aromatic heterocycles. The Morgan fingerprint density at radius 1 is 1.14 bits per heavy atom. The molecule has 0 aliphatic carbocycles. The van der Waals surface area contributed by atoms with Crippen molar-refractivity contribution in [1.29, 1.82) is 0 Å². The largest absolute Gasteiger partial charge is 0.466 e. The maximum atomic E-state index is 11.2. The minimum atomic E-state index is -0.0843. The van der Waals surface area contributed by atoms with E-state index < -0.39 is 0 Å². The van der Waals surface area contributed by atoms with Crippen LogP contribution < -0.4 is 5.32 Å². The van der Waals surface area contributed by atoms with Crippen LogP contribution in [-0.4, -0.2) is 26.2 Å². The molecule has 0 spiro atoms. The second kappa shape index (κ2) is 11.3. The fraction of sp³-hybridized carbons (Fsp3) is 0.588. The van der Waals surface area contributed by atoms with Crippen molar-refractivity contribution in [2.45, 2.75) is 45.8 Å². The Balaban J connectivity index is 2.10. The smallest absolute Gasteiger partial charge is 0.305 e. The van der Waals surface area contributed by atoms with Crippen LogP contribution in [0.2, 0.25) is 0 Å². The molecule has 0 aliphatic rings. The van der Waals surface area contributed by atoms with Crippen LogP contribution in [0.25, 0.3) is 0 Å². The minimum absolute atomic E-state index is 0.0843. The number of carbonyl (C=O) groups is 1. The fourth-order valence-electron chi connectivity index (χ4n) is 2.18. The van der Waals surface area contributed by atoms with Crippen LogP contribution in [-0.2, 0) is 27.4 Å². The Labute approximate surface area is 127 Å². The highest BCUT2D eigenvalue weighted by atomic mass is 16.5. The van der Waals surface area contributed by atoms with Gasteiger partial charge in [0, 0.05) is 20.1 Å². The van der Waals surface area contributed by atoms with Gasteiger partial charge in [-0.2, -0.15) is 0 Å². The first-order valence-electron chi connectivity index (χ1n) is 7.70. The number of rotatable bonds is 11. The third-order valence-electron chi connectivity index (χ3n) is 3.27. The van der Waals surface area contributed by atoms with Gasteiger partial charge in [0.2, 0.25) is 0 Å². The number of hydrogen-bond donors (Lipinski definition) is 1. The molecule has 4 nitrogen and oxygen atoms in total. The van der Waals surface area contributed by atoms with E-state index in [4.69, 9.17) is 9.47 Å². The van der Waals surface area contributed by atoms with Crippen molar-refractivity contribution in [3.05, 3.63) is 35.4 Å². The monoisotopic (exact) mass is 293 g/mol. The van der Waals surface area contributed by atoms with Crippen molar-refractivity contribution < 1.29 is 14.3 Å². The minimum Gasteiger partial charge on any atom is -0.466 e. The van der Waals surface area contributed by atoms with Crippen LogP contribution in [0.5, 0.6) is 0 Å². The first kappa shape index (κ1) is 17.7. The molecule has 0 heterocycles. The lowest BCUT2D eigenvalue weighted by Crippen LogP contribution is -2.16. The van der Waals surface area contributed by atoms with E-state index in [1.165, 1.54) is 11.1 Å². The summed E-state index contributed by atoms with van der Waals surface area (Å²) in [5.41, 5.74) is 2.51. The number of methoxy groups -OCH3 is 1. The molecule has 1 aromatic carbocycles. The third kappa shape index (κ3) is 7.83. The highest BCUT2D eigenvalue weighted by molar-refractivity contribution is 5.69. The highest BCUT2D eigenvalue weighted by Crippen LogP contribution is 2.09. The summed E-state index contributed by atoms with van der Waals surface area (Å²) in [4.78, 5) is 11.2. The van der Waals surface area contributed by atoms with Gasteiger partial charge in [0.25, 0.3) is 0 Å². The molecule has 0 fully saturated rings. The standard InChI is InChI=1S/C17H27NO3/c1-3-21-17(19)11-5-4-8-12-18-13-15-9-6-7-10-16(15)14-20-2/h6-7,9-10,18H,3-5,8,11-14H2,1-2H3. The van der Waals surface area contributed by atoms with Gasteiger partial charge >= 0.3 is 5.97 Å². The van der Waals surface area contributed by atoms with Gasteiger partial charge < -0.3 is 14.8 Å². The van der Waals surface area contributed by atoms with Crippen molar-refractivity contribution in [2.24, 2.45) is 0 Å². The zero-order chi connectivity index (χ0) is 15.3. The van der Waals surface area contributed by atoms with E-state index in [2.05, 4.69) is 23.5 Å². The summed E-state index contributed by atoms with van der Waals surface area (Å²) >= 11 is 0. The quantitative estimate of drug-likeness (QED) is 0.503. The number of benzene rings is 1. The van der Waals surface area contributed by atoms with Crippen molar-refractivity contribution >= 4 is 5.97 Å². The number of carbonyl (C=O) groups excluding carboxylic acids is 1. The molecular weight excluding hydrogens is 266 g/mol. The summed E-state index contributed by atoms with van der Waals surface area (Å²) in [5.74, 6) is -0.0843. The molecule has 21 heavy (non-hydrogen) atoms. The molecule has 0 unspecified atom stereocenters. The van der Waals surface area contributed by atoms with Gasteiger partial charge in [0.05, 0.1) is 13.2 Å². The van der Waals surface area contributed by atoms with Crippen molar-refractivity contribution in [2.75, 3.05) is 20.3 Å². The van der Waals surface area contributed by atoms with E-state index in [1.807, 2.05) is 13.0 Å². The zero-order valence-electron chi connectivity index (χ0n) is 13.2. The molecule has 4 heteroatoms. The lowest BCUT2D eigenvalue weighted by molar-refractivity contribution is -0.143. The van der Waals surface area contributed by atoms with Gasteiger partial charge in [-0.3, -0.25) is 4.79 Å². The maximum Gasteiger partial charge on any atom is 0.305 e. The van der Waals surface area contributed by atoms with Gasteiger partial charge in [-0.05, 0) is 37.4 Å². The summed E-state index contributed by atoms with van der Waals surface area (Å²) < 4.78 is 10.1. The molecule has 0 saturated heterocycles. The van der Waals surface area contributed by atoms with Crippen molar-refractivity contribution in [3.63, 3.8) is 0 Å². The van der Waals surface area contributed by atoms with E-state index in [1.54, 1.807) is 7.11 Å². The third-order valence-corrected chi connectivity index (χ3v) is 3.27. The topological polar surface area (TPSA) is 47.6 Å². The van der Waals surface area contributed by atoms with E-state index in [-0.39, 0.29) is 5.97 Å².